The number of nitrogens with zero attached hydrogens (tertiary/aromatic N) is 5. The van der Waals surface area contributed by atoms with Gasteiger partial charge in [-0.2, -0.15) is 4.37 Å². The van der Waals surface area contributed by atoms with Crippen LogP contribution in [-0.4, -0.2) is 24.1 Å². The highest BCUT2D eigenvalue weighted by Crippen LogP contribution is 2.32. The van der Waals surface area contributed by atoms with Crippen LogP contribution in [0.1, 0.15) is 26.6 Å². The minimum absolute atomic E-state index is 0.0544. The lowest BCUT2D eigenvalue weighted by Crippen LogP contribution is -2.12. The maximum atomic E-state index is 6.05. The van der Waals surface area contributed by atoms with Gasteiger partial charge in [-0.15, -0.1) is 10.2 Å². The highest BCUT2D eigenvalue weighted by atomic mass is 35.5. The molecule has 23 heavy (non-hydrogen) atoms. The summed E-state index contributed by atoms with van der Waals surface area (Å²) in [7, 11) is 1.93. The fourth-order valence-corrected chi connectivity index (χ4v) is 3.79. The van der Waals surface area contributed by atoms with E-state index < -0.39 is 0 Å². The zero-order valence-corrected chi connectivity index (χ0v) is 15.6. The van der Waals surface area contributed by atoms with Crippen LogP contribution in [0.4, 0.5) is 0 Å². The van der Waals surface area contributed by atoms with Crippen LogP contribution in [0.5, 0.6) is 0 Å². The lowest BCUT2D eigenvalue weighted by Gasteiger charge is -2.12. The molecule has 0 spiro atoms. The Labute approximate surface area is 148 Å². The third-order valence-corrected chi connectivity index (χ3v) is 5.20. The van der Waals surface area contributed by atoms with E-state index in [2.05, 4.69) is 40.3 Å². The SMILES string of the molecule is Cn1c(Sc2nc(C(C)(C)C)ns2)nnc1-c1cccc(Cl)c1. The van der Waals surface area contributed by atoms with E-state index in [1.54, 1.807) is 0 Å². The molecule has 0 aliphatic heterocycles. The molecule has 0 saturated carbocycles. The second kappa shape index (κ2) is 6.22. The van der Waals surface area contributed by atoms with E-state index in [9.17, 15) is 0 Å². The molecule has 0 amide bonds. The summed E-state index contributed by atoms with van der Waals surface area (Å²) in [6.07, 6.45) is 0. The maximum absolute atomic E-state index is 6.05. The van der Waals surface area contributed by atoms with Crippen LogP contribution in [0.15, 0.2) is 33.8 Å². The van der Waals surface area contributed by atoms with Crippen molar-refractivity contribution in [2.75, 3.05) is 0 Å². The zero-order valence-electron chi connectivity index (χ0n) is 13.2. The van der Waals surface area contributed by atoms with Gasteiger partial charge in [-0.05, 0) is 35.4 Å². The Balaban J connectivity index is 1.87. The summed E-state index contributed by atoms with van der Waals surface area (Å²) >= 11 is 8.91. The van der Waals surface area contributed by atoms with E-state index in [0.29, 0.717) is 5.02 Å². The minimum atomic E-state index is -0.0544. The molecular weight excluding hydrogens is 350 g/mol. The summed E-state index contributed by atoms with van der Waals surface area (Å²) in [5.41, 5.74) is 0.883. The number of hydrogen-bond donors (Lipinski definition) is 0. The third kappa shape index (κ3) is 3.57. The molecule has 3 rings (SSSR count). The normalized spacial score (nSPS) is 11.9. The second-order valence-corrected chi connectivity index (χ2v) is 8.51. The van der Waals surface area contributed by atoms with Crippen molar-refractivity contribution in [3.63, 3.8) is 0 Å². The minimum Gasteiger partial charge on any atom is -0.305 e. The third-order valence-electron chi connectivity index (χ3n) is 3.17. The molecule has 8 heteroatoms. The number of rotatable bonds is 3. The Morgan fingerprint density at radius 2 is 2.00 bits per heavy atom. The van der Waals surface area contributed by atoms with Crippen LogP contribution >= 0.6 is 34.9 Å². The van der Waals surface area contributed by atoms with Crippen molar-refractivity contribution in [1.29, 1.82) is 0 Å². The number of halogens is 1. The van der Waals surface area contributed by atoms with Crippen molar-refractivity contribution < 1.29 is 0 Å². The van der Waals surface area contributed by atoms with Crippen LogP contribution in [-0.2, 0) is 12.5 Å². The molecule has 0 radical (unpaired) electrons. The molecule has 0 bridgehead atoms. The Bertz CT molecular complexity index is 835. The molecule has 5 nitrogen and oxygen atoms in total. The van der Waals surface area contributed by atoms with Crippen LogP contribution in [0, 0.1) is 0 Å². The zero-order chi connectivity index (χ0) is 16.6. The highest BCUT2D eigenvalue weighted by molar-refractivity contribution is 8.00. The lowest BCUT2D eigenvalue weighted by molar-refractivity contribution is 0.551. The van der Waals surface area contributed by atoms with E-state index in [-0.39, 0.29) is 5.41 Å². The first-order valence-electron chi connectivity index (χ1n) is 7.02. The first-order valence-corrected chi connectivity index (χ1v) is 8.99. The van der Waals surface area contributed by atoms with Crippen molar-refractivity contribution >= 4 is 34.9 Å². The van der Waals surface area contributed by atoms with E-state index in [0.717, 1.165) is 26.7 Å². The van der Waals surface area contributed by atoms with Gasteiger partial charge in [0.1, 0.15) is 5.82 Å². The number of benzene rings is 1. The van der Waals surface area contributed by atoms with Crippen molar-refractivity contribution in [3.05, 3.63) is 35.1 Å². The summed E-state index contributed by atoms with van der Waals surface area (Å²) < 4.78 is 7.23. The van der Waals surface area contributed by atoms with Crippen LogP contribution in [0.25, 0.3) is 11.4 Å². The van der Waals surface area contributed by atoms with Gasteiger partial charge in [0.2, 0.25) is 0 Å². The number of aromatic nitrogens is 5. The van der Waals surface area contributed by atoms with E-state index in [4.69, 9.17) is 11.6 Å². The number of hydrogen-bond acceptors (Lipinski definition) is 6. The van der Waals surface area contributed by atoms with Crippen molar-refractivity contribution in [2.45, 2.75) is 35.7 Å². The van der Waals surface area contributed by atoms with Gasteiger partial charge in [0.05, 0.1) is 0 Å². The lowest BCUT2D eigenvalue weighted by atomic mass is 9.96. The Hall–Kier alpha value is -1.44. The first kappa shape index (κ1) is 16.4. The molecule has 2 aromatic heterocycles. The standard InChI is InChI=1S/C15H16ClN5S2/c1-15(2,3)12-17-14(23-20-12)22-13-19-18-11(21(13)4)9-6-5-7-10(16)8-9/h5-8H,1-4H3. The molecule has 1 aromatic carbocycles. The van der Waals surface area contributed by atoms with Gasteiger partial charge in [-0.25, -0.2) is 4.98 Å². The molecule has 0 aliphatic carbocycles. The quantitative estimate of drug-likeness (QED) is 0.686. The predicted molar refractivity (Wildman–Crippen MR) is 94.2 cm³/mol. The van der Waals surface area contributed by atoms with Gasteiger partial charge >= 0.3 is 0 Å². The van der Waals surface area contributed by atoms with Crippen molar-refractivity contribution in [2.24, 2.45) is 7.05 Å². The Morgan fingerprint density at radius 3 is 2.65 bits per heavy atom. The second-order valence-electron chi connectivity index (χ2n) is 6.11. The topological polar surface area (TPSA) is 56.5 Å². The predicted octanol–water partition coefficient (Wildman–Crippen LogP) is 4.44. The monoisotopic (exact) mass is 365 g/mol. The van der Waals surface area contributed by atoms with E-state index in [1.165, 1.54) is 23.3 Å². The van der Waals surface area contributed by atoms with Gasteiger partial charge in [-0.1, -0.05) is 44.5 Å². The maximum Gasteiger partial charge on any atom is 0.198 e. The van der Waals surface area contributed by atoms with Crippen LogP contribution in [0.2, 0.25) is 5.02 Å². The van der Waals surface area contributed by atoms with Gasteiger partial charge in [0, 0.05) is 23.0 Å². The smallest absolute Gasteiger partial charge is 0.198 e. The molecule has 3 aromatic rings. The first-order chi connectivity index (χ1) is 10.8. The van der Waals surface area contributed by atoms with Crippen LogP contribution < -0.4 is 0 Å². The van der Waals surface area contributed by atoms with Crippen molar-refractivity contribution in [3.8, 4) is 11.4 Å². The summed E-state index contributed by atoms with van der Waals surface area (Å²) in [6.45, 7) is 6.30. The highest BCUT2D eigenvalue weighted by Gasteiger charge is 2.21. The molecule has 0 atom stereocenters. The molecule has 0 saturated heterocycles. The molecule has 0 fully saturated rings. The Kier molecular flexibility index (Phi) is 4.44. The molecule has 0 N–H and O–H groups in total. The summed E-state index contributed by atoms with van der Waals surface area (Å²) in [4.78, 5) is 4.58. The van der Waals surface area contributed by atoms with Crippen molar-refractivity contribution in [1.82, 2.24) is 24.1 Å². The average Bonchev–Trinajstić information content (AvgIpc) is 3.07. The molecule has 2 heterocycles. The van der Waals surface area contributed by atoms with E-state index >= 15 is 0 Å². The molecule has 0 aliphatic rings. The Morgan fingerprint density at radius 1 is 1.22 bits per heavy atom. The fourth-order valence-electron chi connectivity index (χ4n) is 1.92. The molecule has 120 valence electrons. The summed E-state index contributed by atoms with van der Waals surface area (Å²) in [5, 5.41) is 9.98. The van der Waals surface area contributed by atoms with Gasteiger partial charge in [0.25, 0.3) is 0 Å². The summed E-state index contributed by atoms with van der Waals surface area (Å²) in [5.74, 6) is 1.62. The molecule has 0 unspecified atom stereocenters. The average molecular weight is 366 g/mol. The summed E-state index contributed by atoms with van der Waals surface area (Å²) in [6, 6.07) is 7.58. The largest absolute Gasteiger partial charge is 0.305 e. The van der Waals surface area contributed by atoms with Crippen LogP contribution in [0.3, 0.4) is 0 Å². The van der Waals surface area contributed by atoms with E-state index in [1.807, 2.05) is 35.9 Å². The molecular formula is C15H16ClN5S2. The van der Waals surface area contributed by atoms with Gasteiger partial charge < -0.3 is 4.57 Å². The van der Waals surface area contributed by atoms with Gasteiger partial charge in [-0.3, -0.25) is 0 Å². The van der Waals surface area contributed by atoms with Gasteiger partial charge in [0.15, 0.2) is 15.3 Å². The fraction of sp³-hybridized carbons (Fsp3) is 0.333.